The highest BCUT2D eigenvalue weighted by Gasteiger charge is 2.11. The topological polar surface area (TPSA) is 80.2 Å². The van der Waals surface area contributed by atoms with E-state index in [-0.39, 0.29) is 16.8 Å². The molecule has 0 saturated carbocycles. The van der Waals surface area contributed by atoms with Gasteiger partial charge in [0, 0.05) is 19.2 Å². The van der Waals surface area contributed by atoms with E-state index in [1.807, 2.05) is 6.92 Å². The number of carbonyl (C=O) groups is 2. The van der Waals surface area contributed by atoms with Gasteiger partial charge in [-0.2, -0.15) is 0 Å². The van der Waals surface area contributed by atoms with Crippen molar-refractivity contribution >= 4 is 39.2 Å². The minimum absolute atomic E-state index is 0.287. The van der Waals surface area contributed by atoms with Crippen molar-refractivity contribution in [3.63, 3.8) is 0 Å². The molecule has 0 bridgehead atoms. The summed E-state index contributed by atoms with van der Waals surface area (Å²) in [6, 6.07) is 4.72. The van der Waals surface area contributed by atoms with Crippen molar-refractivity contribution in [2.45, 2.75) is 20.3 Å². The zero-order valence-electron chi connectivity index (χ0n) is 11.2. The van der Waals surface area contributed by atoms with Crippen LogP contribution in [0.5, 0.6) is 0 Å². The average molecular weight is 293 g/mol. The summed E-state index contributed by atoms with van der Waals surface area (Å²) in [5.41, 5.74) is 1.15. The predicted octanol–water partition coefficient (Wildman–Crippen LogP) is 2.25. The highest BCUT2D eigenvalue weighted by Crippen LogP contribution is 2.21. The molecule has 0 spiro atoms. The number of nitrogens with zero attached hydrogens (tertiary/aromatic N) is 1. The Morgan fingerprint density at radius 3 is 2.75 bits per heavy atom. The standard InChI is InChI=1S/C13H15N3O3S/c1-3-6-14-12(18)15-9-4-5-10-11(7-9)20-13(19)16(10)8(2)17/h4-5,7H,3,6H2,1-2H3,(H2,14,15,18). The van der Waals surface area contributed by atoms with E-state index in [0.29, 0.717) is 22.4 Å². The Bertz CT molecular complexity index is 717. The number of rotatable bonds is 3. The molecule has 0 aliphatic heterocycles. The number of carbonyl (C=O) groups excluding carboxylic acids is 2. The maximum Gasteiger partial charge on any atom is 0.319 e. The van der Waals surface area contributed by atoms with Crippen LogP contribution in [0.2, 0.25) is 0 Å². The number of amides is 2. The van der Waals surface area contributed by atoms with Crippen molar-refractivity contribution in [3.8, 4) is 0 Å². The molecule has 1 aromatic heterocycles. The number of hydrogen-bond acceptors (Lipinski definition) is 4. The van der Waals surface area contributed by atoms with E-state index in [9.17, 15) is 14.4 Å². The third-order valence-electron chi connectivity index (χ3n) is 2.69. The van der Waals surface area contributed by atoms with Gasteiger partial charge in [0.15, 0.2) is 0 Å². The van der Waals surface area contributed by atoms with Crippen LogP contribution in [-0.4, -0.2) is 23.1 Å². The molecule has 2 N–H and O–H groups in total. The van der Waals surface area contributed by atoms with Gasteiger partial charge in [-0.1, -0.05) is 18.3 Å². The van der Waals surface area contributed by atoms with E-state index in [4.69, 9.17) is 0 Å². The Labute approximate surface area is 119 Å². The molecule has 2 amide bonds. The monoisotopic (exact) mass is 293 g/mol. The molecule has 0 radical (unpaired) electrons. The summed E-state index contributed by atoms with van der Waals surface area (Å²) in [5, 5.41) is 5.38. The second kappa shape index (κ2) is 5.87. The van der Waals surface area contributed by atoms with Gasteiger partial charge in [0.05, 0.1) is 10.2 Å². The highest BCUT2D eigenvalue weighted by atomic mass is 32.1. The van der Waals surface area contributed by atoms with E-state index in [2.05, 4.69) is 10.6 Å². The zero-order chi connectivity index (χ0) is 14.7. The molecule has 6 nitrogen and oxygen atoms in total. The predicted molar refractivity (Wildman–Crippen MR) is 79.7 cm³/mol. The summed E-state index contributed by atoms with van der Waals surface area (Å²) in [7, 11) is 0. The van der Waals surface area contributed by atoms with Crippen LogP contribution in [0.1, 0.15) is 25.1 Å². The fourth-order valence-electron chi connectivity index (χ4n) is 1.81. The summed E-state index contributed by atoms with van der Waals surface area (Å²) in [6.07, 6.45) is 0.857. The number of anilines is 1. The molecule has 2 rings (SSSR count). The second-order valence-corrected chi connectivity index (χ2v) is 5.28. The SMILES string of the molecule is CCCNC(=O)Nc1ccc2c(c1)sc(=O)n2C(C)=O. The number of nitrogens with one attached hydrogen (secondary N) is 2. The van der Waals surface area contributed by atoms with Crippen LogP contribution in [0, 0.1) is 0 Å². The second-order valence-electron chi connectivity index (χ2n) is 4.29. The minimum Gasteiger partial charge on any atom is -0.338 e. The molecule has 0 aliphatic rings. The van der Waals surface area contributed by atoms with Gasteiger partial charge in [-0.3, -0.25) is 9.59 Å². The van der Waals surface area contributed by atoms with Crippen LogP contribution >= 0.6 is 11.3 Å². The molecule has 1 heterocycles. The summed E-state index contributed by atoms with van der Waals surface area (Å²) < 4.78 is 1.79. The molecule has 7 heteroatoms. The maximum absolute atomic E-state index is 11.7. The Morgan fingerprint density at radius 2 is 2.10 bits per heavy atom. The molecule has 0 unspecified atom stereocenters. The molecular weight excluding hydrogens is 278 g/mol. The van der Waals surface area contributed by atoms with E-state index < -0.39 is 0 Å². The Balaban J connectivity index is 2.29. The average Bonchev–Trinajstić information content (AvgIpc) is 2.71. The van der Waals surface area contributed by atoms with Crippen molar-refractivity contribution in [3.05, 3.63) is 27.9 Å². The molecule has 0 aliphatic carbocycles. The maximum atomic E-state index is 11.7. The largest absolute Gasteiger partial charge is 0.338 e. The zero-order valence-corrected chi connectivity index (χ0v) is 12.0. The first-order valence-corrected chi connectivity index (χ1v) is 7.06. The van der Waals surface area contributed by atoms with Crippen LogP contribution in [0.25, 0.3) is 10.2 Å². The molecule has 0 saturated heterocycles. The van der Waals surface area contributed by atoms with Crippen LogP contribution in [-0.2, 0) is 0 Å². The number of thiazole rings is 1. The normalized spacial score (nSPS) is 10.5. The first-order valence-electron chi connectivity index (χ1n) is 6.24. The quantitative estimate of drug-likeness (QED) is 0.911. The van der Waals surface area contributed by atoms with Gasteiger partial charge in [0.1, 0.15) is 0 Å². The molecule has 106 valence electrons. The molecule has 20 heavy (non-hydrogen) atoms. The van der Waals surface area contributed by atoms with Crippen molar-refractivity contribution in [2.75, 3.05) is 11.9 Å². The summed E-state index contributed by atoms with van der Waals surface area (Å²) in [4.78, 5) is 34.4. The summed E-state index contributed by atoms with van der Waals surface area (Å²) in [5.74, 6) is -0.317. The number of urea groups is 1. The van der Waals surface area contributed by atoms with Gasteiger partial charge in [0.2, 0.25) is 5.91 Å². The van der Waals surface area contributed by atoms with E-state index >= 15 is 0 Å². The molecule has 0 fully saturated rings. The van der Waals surface area contributed by atoms with Crippen LogP contribution < -0.4 is 15.5 Å². The lowest BCUT2D eigenvalue weighted by atomic mass is 10.3. The fraction of sp³-hybridized carbons (Fsp3) is 0.308. The van der Waals surface area contributed by atoms with Crippen molar-refractivity contribution in [2.24, 2.45) is 0 Å². The fourth-order valence-corrected chi connectivity index (χ4v) is 2.76. The van der Waals surface area contributed by atoms with Gasteiger partial charge < -0.3 is 10.6 Å². The smallest absolute Gasteiger partial charge is 0.319 e. The summed E-state index contributed by atoms with van der Waals surface area (Å²) in [6.45, 7) is 3.91. The van der Waals surface area contributed by atoms with Crippen molar-refractivity contribution < 1.29 is 9.59 Å². The van der Waals surface area contributed by atoms with E-state index in [0.717, 1.165) is 22.3 Å². The minimum atomic E-state index is -0.319. The first-order chi connectivity index (χ1) is 9.52. The van der Waals surface area contributed by atoms with Crippen LogP contribution in [0.4, 0.5) is 10.5 Å². The third-order valence-corrected chi connectivity index (χ3v) is 3.59. The van der Waals surface area contributed by atoms with Crippen molar-refractivity contribution in [1.29, 1.82) is 0 Å². The van der Waals surface area contributed by atoms with Gasteiger partial charge >= 0.3 is 10.9 Å². The van der Waals surface area contributed by atoms with Gasteiger partial charge in [-0.05, 0) is 24.6 Å². The number of fused-ring (bicyclic) bond motifs is 1. The van der Waals surface area contributed by atoms with Gasteiger partial charge in [-0.25, -0.2) is 9.36 Å². The lowest BCUT2D eigenvalue weighted by Crippen LogP contribution is -2.29. The molecule has 0 atom stereocenters. The summed E-state index contributed by atoms with van der Waals surface area (Å²) >= 11 is 0.981. The molecule has 2 aromatic rings. The lowest BCUT2D eigenvalue weighted by Gasteiger charge is -2.06. The third kappa shape index (κ3) is 2.88. The van der Waals surface area contributed by atoms with Gasteiger partial charge in [-0.15, -0.1) is 0 Å². The Kier molecular flexibility index (Phi) is 4.19. The van der Waals surface area contributed by atoms with Gasteiger partial charge in [0.25, 0.3) is 0 Å². The number of hydrogen-bond donors (Lipinski definition) is 2. The number of benzene rings is 1. The van der Waals surface area contributed by atoms with Crippen LogP contribution in [0.15, 0.2) is 23.0 Å². The van der Waals surface area contributed by atoms with E-state index in [1.54, 1.807) is 18.2 Å². The Morgan fingerprint density at radius 1 is 1.35 bits per heavy atom. The Hall–Kier alpha value is -2.15. The molecular formula is C13H15N3O3S. The lowest BCUT2D eigenvalue weighted by molar-refractivity contribution is 0.0939. The van der Waals surface area contributed by atoms with Crippen LogP contribution in [0.3, 0.4) is 0 Å². The molecule has 1 aromatic carbocycles. The number of aromatic nitrogens is 1. The first kappa shape index (κ1) is 14.3. The van der Waals surface area contributed by atoms with E-state index in [1.165, 1.54) is 6.92 Å². The van der Waals surface area contributed by atoms with Crippen molar-refractivity contribution in [1.82, 2.24) is 9.88 Å². The highest BCUT2D eigenvalue weighted by molar-refractivity contribution is 7.16.